The Morgan fingerprint density at radius 3 is 2.55 bits per heavy atom. The third-order valence-corrected chi connectivity index (χ3v) is 3.50. The lowest BCUT2D eigenvalue weighted by Crippen LogP contribution is -2.08. The van der Waals surface area contributed by atoms with Gasteiger partial charge in [-0.25, -0.2) is 0 Å². The molecular weight excluding hydrogens is 248 g/mol. The fraction of sp³-hybridized carbons (Fsp3) is 0.444. The van der Waals surface area contributed by atoms with Crippen LogP contribution in [0.1, 0.15) is 38.4 Å². The molecule has 0 aliphatic heterocycles. The highest BCUT2D eigenvalue weighted by atomic mass is 16.5. The van der Waals surface area contributed by atoms with E-state index < -0.39 is 6.10 Å². The molecule has 0 heterocycles. The van der Waals surface area contributed by atoms with Crippen LogP contribution in [0.15, 0.2) is 42.5 Å². The molecule has 2 aromatic carbocycles. The Morgan fingerprint density at radius 2 is 1.80 bits per heavy atom. The minimum atomic E-state index is -0.543. The van der Waals surface area contributed by atoms with Gasteiger partial charge in [0.05, 0.1) is 6.61 Å². The molecule has 0 aromatic heterocycles. The molecule has 20 heavy (non-hydrogen) atoms. The number of hydrogen-bond donors (Lipinski definition) is 1. The topological polar surface area (TPSA) is 29.5 Å². The van der Waals surface area contributed by atoms with Crippen LogP contribution in [0.25, 0.3) is 10.8 Å². The van der Waals surface area contributed by atoms with E-state index in [0.717, 1.165) is 24.0 Å². The summed E-state index contributed by atoms with van der Waals surface area (Å²) in [5, 5.41) is 12.5. The van der Waals surface area contributed by atoms with Gasteiger partial charge >= 0.3 is 0 Å². The summed E-state index contributed by atoms with van der Waals surface area (Å²) in [5.74, 6) is 0.712. The molecule has 2 rings (SSSR count). The van der Waals surface area contributed by atoms with E-state index in [9.17, 15) is 5.11 Å². The van der Waals surface area contributed by atoms with Crippen molar-refractivity contribution in [2.24, 2.45) is 5.92 Å². The van der Waals surface area contributed by atoms with Crippen molar-refractivity contribution in [1.82, 2.24) is 0 Å². The summed E-state index contributed by atoms with van der Waals surface area (Å²) in [7, 11) is 0. The van der Waals surface area contributed by atoms with Crippen molar-refractivity contribution in [3.63, 3.8) is 0 Å². The van der Waals surface area contributed by atoms with Gasteiger partial charge in [-0.05, 0) is 41.2 Å². The van der Waals surface area contributed by atoms with E-state index in [1.807, 2.05) is 30.3 Å². The average Bonchev–Trinajstić information content (AvgIpc) is 2.46. The van der Waals surface area contributed by atoms with Gasteiger partial charge in [0.1, 0.15) is 6.10 Å². The second-order valence-corrected chi connectivity index (χ2v) is 5.73. The first-order chi connectivity index (χ1) is 9.66. The van der Waals surface area contributed by atoms with Crippen LogP contribution in [0.2, 0.25) is 0 Å². The molecule has 2 nitrogen and oxygen atoms in total. The first-order valence-electron chi connectivity index (χ1n) is 7.41. The van der Waals surface area contributed by atoms with Crippen LogP contribution in [-0.4, -0.2) is 18.3 Å². The predicted octanol–water partition coefficient (Wildman–Crippen LogP) is 4.33. The third-order valence-electron chi connectivity index (χ3n) is 3.50. The first kappa shape index (κ1) is 15.0. The molecule has 0 aliphatic carbocycles. The summed E-state index contributed by atoms with van der Waals surface area (Å²) in [6, 6.07) is 14.2. The number of fused-ring (bicyclic) bond motifs is 1. The summed E-state index contributed by atoms with van der Waals surface area (Å²) in [4.78, 5) is 0. The Bertz CT molecular complexity index is 534. The number of aliphatic hydroxyl groups excluding tert-OH is 1. The van der Waals surface area contributed by atoms with Crippen LogP contribution >= 0.6 is 0 Å². The smallest absolute Gasteiger partial charge is 0.102 e. The number of aliphatic hydroxyl groups is 1. The Hall–Kier alpha value is -1.38. The summed E-state index contributed by atoms with van der Waals surface area (Å²) in [5.41, 5.74) is 0.924. The van der Waals surface area contributed by atoms with Gasteiger partial charge in [-0.15, -0.1) is 0 Å². The quantitative estimate of drug-likeness (QED) is 0.760. The molecule has 0 aliphatic rings. The lowest BCUT2D eigenvalue weighted by Gasteiger charge is -2.13. The maximum absolute atomic E-state index is 10.2. The van der Waals surface area contributed by atoms with Gasteiger partial charge in [0, 0.05) is 6.61 Å². The molecule has 0 bridgehead atoms. The highest BCUT2D eigenvalue weighted by molar-refractivity contribution is 5.83. The van der Waals surface area contributed by atoms with Gasteiger partial charge in [0.25, 0.3) is 0 Å². The van der Waals surface area contributed by atoms with Gasteiger partial charge < -0.3 is 9.84 Å². The van der Waals surface area contributed by atoms with E-state index >= 15 is 0 Å². The van der Waals surface area contributed by atoms with Crippen molar-refractivity contribution in [3.05, 3.63) is 48.0 Å². The van der Waals surface area contributed by atoms with E-state index in [1.165, 1.54) is 11.8 Å². The van der Waals surface area contributed by atoms with Gasteiger partial charge in [-0.1, -0.05) is 50.2 Å². The van der Waals surface area contributed by atoms with E-state index in [2.05, 4.69) is 26.0 Å². The Morgan fingerprint density at radius 1 is 1.05 bits per heavy atom. The zero-order valence-corrected chi connectivity index (χ0v) is 12.4. The highest BCUT2D eigenvalue weighted by Gasteiger charge is 2.08. The van der Waals surface area contributed by atoms with E-state index in [0.29, 0.717) is 12.5 Å². The normalized spacial score (nSPS) is 13.0. The van der Waals surface area contributed by atoms with Crippen LogP contribution in [0, 0.1) is 5.92 Å². The van der Waals surface area contributed by atoms with E-state index in [4.69, 9.17) is 4.74 Å². The van der Waals surface area contributed by atoms with Crippen molar-refractivity contribution in [2.75, 3.05) is 13.2 Å². The van der Waals surface area contributed by atoms with Crippen LogP contribution < -0.4 is 0 Å². The minimum absolute atomic E-state index is 0.371. The number of hydrogen-bond acceptors (Lipinski definition) is 2. The molecular formula is C18H24O2. The predicted molar refractivity (Wildman–Crippen MR) is 83.8 cm³/mol. The van der Waals surface area contributed by atoms with Crippen LogP contribution in [-0.2, 0) is 4.74 Å². The van der Waals surface area contributed by atoms with Gasteiger partial charge in [0.2, 0.25) is 0 Å². The number of benzene rings is 2. The molecule has 0 fully saturated rings. The number of rotatable bonds is 7. The summed E-state index contributed by atoms with van der Waals surface area (Å²) in [6.45, 7) is 5.52. The fourth-order valence-electron chi connectivity index (χ4n) is 2.30. The molecule has 1 unspecified atom stereocenters. The summed E-state index contributed by atoms with van der Waals surface area (Å²) < 4.78 is 5.56. The lowest BCUT2D eigenvalue weighted by molar-refractivity contribution is 0.0338. The monoisotopic (exact) mass is 272 g/mol. The second-order valence-electron chi connectivity index (χ2n) is 5.73. The minimum Gasteiger partial charge on any atom is -0.386 e. The van der Waals surface area contributed by atoms with Crippen molar-refractivity contribution >= 4 is 10.8 Å². The maximum Gasteiger partial charge on any atom is 0.102 e. The zero-order valence-electron chi connectivity index (χ0n) is 12.4. The first-order valence-corrected chi connectivity index (χ1v) is 7.41. The Kier molecular flexibility index (Phi) is 5.57. The average molecular weight is 272 g/mol. The van der Waals surface area contributed by atoms with E-state index in [-0.39, 0.29) is 0 Å². The molecule has 2 heteroatoms. The Balaban J connectivity index is 1.86. The zero-order chi connectivity index (χ0) is 14.4. The summed E-state index contributed by atoms with van der Waals surface area (Å²) >= 11 is 0. The second kappa shape index (κ2) is 7.41. The maximum atomic E-state index is 10.2. The third kappa shape index (κ3) is 4.32. The van der Waals surface area contributed by atoms with Crippen molar-refractivity contribution in [3.8, 4) is 0 Å². The van der Waals surface area contributed by atoms with Gasteiger partial charge in [-0.2, -0.15) is 0 Å². The fourth-order valence-corrected chi connectivity index (χ4v) is 2.30. The van der Waals surface area contributed by atoms with Crippen molar-refractivity contribution < 1.29 is 9.84 Å². The lowest BCUT2D eigenvalue weighted by atomic mass is 10.0. The molecule has 0 saturated carbocycles. The molecule has 1 N–H and O–H groups in total. The molecule has 0 amide bonds. The molecule has 2 aromatic rings. The molecule has 0 spiro atoms. The molecule has 108 valence electrons. The molecule has 0 radical (unpaired) electrons. The number of ether oxygens (including phenoxy) is 1. The van der Waals surface area contributed by atoms with Crippen LogP contribution in [0.5, 0.6) is 0 Å². The highest BCUT2D eigenvalue weighted by Crippen LogP contribution is 2.20. The SMILES string of the molecule is CC(C)CCCOCC(O)c1ccc2ccccc2c1. The van der Waals surface area contributed by atoms with Crippen molar-refractivity contribution in [2.45, 2.75) is 32.8 Å². The van der Waals surface area contributed by atoms with E-state index in [1.54, 1.807) is 0 Å². The van der Waals surface area contributed by atoms with Crippen LogP contribution in [0.3, 0.4) is 0 Å². The standard InChI is InChI=1S/C18H24O2/c1-14(2)6-5-11-20-13-18(19)17-10-9-15-7-3-4-8-16(15)12-17/h3-4,7-10,12,14,18-19H,5-6,11,13H2,1-2H3. The van der Waals surface area contributed by atoms with Crippen LogP contribution in [0.4, 0.5) is 0 Å². The van der Waals surface area contributed by atoms with Gasteiger partial charge in [0.15, 0.2) is 0 Å². The van der Waals surface area contributed by atoms with Gasteiger partial charge in [-0.3, -0.25) is 0 Å². The largest absolute Gasteiger partial charge is 0.386 e. The Labute approximate surface area is 121 Å². The van der Waals surface area contributed by atoms with Crippen molar-refractivity contribution in [1.29, 1.82) is 0 Å². The summed E-state index contributed by atoms with van der Waals surface area (Å²) in [6.07, 6.45) is 1.69. The molecule has 1 atom stereocenters. The molecule has 0 saturated heterocycles.